The van der Waals surface area contributed by atoms with Crippen molar-refractivity contribution in [1.82, 2.24) is 0 Å². The normalized spacial score (nSPS) is 15.8. The highest BCUT2D eigenvalue weighted by Crippen LogP contribution is 2.43. The van der Waals surface area contributed by atoms with E-state index in [2.05, 4.69) is 0 Å². The maximum Gasteiger partial charge on any atom is 0.415 e. The van der Waals surface area contributed by atoms with Crippen molar-refractivity contribution in [3.63, 3.8) is 0 Å². The van der Waals surface area contributed by atoms with Gasteiger partial charge in [-0.2, -0.15) is 0 Å². The Morgan fingerprint density at radius 2 is 1.74 bits per heavy atom. The summed E-state index contributed by atoms with van der Waals surface area (Å²) in [5.41, 5.74) is 2.78. The minimum absolute atomic E-state index is 0.304. The third-order valence-corrected chi connectivity index (χ3v) is 3.44. The summed E-state index contributed by atoms with van der Waals surface area (Å²) < 4.78 is 11.1. The number of cyclic esters (lactones) is 1. The monoisotopic (exact) mass is 253 g/mol. The van der Waals surface area contributed by atoms with E-state index in [0.29, 0.717) is 18.9 Å². The van der Waals surface area contributed by atoms with Gasteiger partial charge in [-0.1, -0.05) is 30.3 Å². The number of rotatable bonds is 0. The molecule has 0 bridgehead atoms. The maximum absolute atomic E-state index is 12.0. The summed E-state index contributed by atoms with van der Waals surface area (Å²) in [5, 5.41) is 0. The lowest BCUT2D eigenvalue weighted by Crippen LogP contribution is -2.34. The molecule has 0 fully saturated rings. The lowest BCUT2D eigenvalue weighted by atomic mass is 10.1. The van der Waals surface area contributed by atoms with E-state index in [1.54, 1.807) is 4.90 Å². The minimum Gasteiger partial charge on any atom is -0.455 e. The van der Waals surface area contributed by atoms with Crippen molar-refractivity contribution in [3.05, 3.63) is 53.6 Å². The topological polar surface area (TPSA) is 38.8 Å². The third-order valence-electron chi connectivity index (χ3n) is 3.44. The quantitative estimate of drug-likeness (QED) is 0.721. The van der Waals surface area contributed by atoms with Crippen LogP contribution in [0.3, 0.4) is 0 Å². The molecule has 0 unspecified atom stereocenters. The molecule has 2 aliphatic rings. The van der Waals surface area contributed by atoms with Crippen molar-refractivity contribution in [3.8, 4) is 11.5 Å². The molecule has 0 spiro atoms. The van der Waals surface area contributed by atoms with Gasteiger partial charge in [-0.05, 0) is 12.1 Å². The van der Waals surface area contributed by atoms with Crippen LogP contribution in [-0.2, 0) is 17.9 Å². The van der Waals surface area contributed by atoms with Crippen LogP contribution in [0.15, 0.2) is 42.5 Å². The summed E-state index contributed by atoms with van der Waals surface area (Å²) in [4.78, 5) is 13.6. The second kappa shape index (κ2) is 3.75. The zero-order chi connectivity index (χ0) is 12.8. The Morgan fingerprint density at radius 1 is 0.947 bits per heavy atom. The van der Waals surface area contributed by atoms with E-state index in [1.807, 2.05) is 42.5 Å². The number of carbonyl (C=O) groups excluding carboxylic acids is 1. The SMILES string of the molecule is O=C1OCc2cccc3c2N1Cc1ccccc1O3. The highest BCUT2D eigenvalue weighted by atomic mass is 16.6. The molecule has 0 atom stereocenters. The van der Waals surface area contributed by atoms with Crippen LogP contribution in [0.1, 0.15) is 11.1 Å². The lowest BCUT2D eigenvalue weighted by molar-refractivity contribution is 0.141. The van der Waals surface area contributed by atoms with E-state index >= 15 is 0 Å². The van der Waals surface area contributed by atoms with Crippen molar-refractivity contribution in [2.45, 2.75) is 13.2 Å². The van der Waals surface area contributed by atoms with Gasteiger partial charge in [0, 0.05) is 11.1 Å². The van der Waals surface area contributed by atoms with Gasteiger partial charge in [0.1, 0.15) is 12.4 Å². The van der Waals surface area contributed by atoms with E-state index in [0.717, 1.165) is 22.6 Å². The van der Waals surface area contributed by atoms with Crippen LogP contribution in [0.4, 0.5) is 10.5 Å². The number of nitrogens with zero attached hydrogens (tertiary/aromatic N) is 1. The summed E-state index contributed by atoms with van der Waals surface area (Å²) in [6.45, 7) is 0.775. The van der Waals surface area contributed by atoms with Crippen LogP contribution in [0.5, 0.6) is 11.5 Å². The Hall–Kier alpha value is -2.49. The molecule has 0 aromatic heterocycles. The van der Waals surface area contributed by atoms with Gasteiger partial charge >= 0.3 is 6.09 Å². The van der Waals surface area contributed by atoms with Crippen LogP contribution >= 0.6 is 0 Å². The number of anilines is 1. The lowest BCUT2D eigenvalue weighted by Gasteiger charge is -2.28. The Morgan fingerprint density at radius 3 is 2.68 bits per heavy atom. The first-order valence-corrected chi connectivity index (χ1v) is 6.15. The standard InChI is InChI=1S/C15H11NO3/c17-15-16-8-10-4-1-2-6-12(10)19-13-7-3-5-11(9-18-15)14(13)16/h1-7H,8-9H2. The summed E-state index contributed by atoms with van der Waals surface area (Å²) in [5.74, 6) is 1.50. The Kier molecular flexibility index (Phi) is 2.06. The first kappa shape index (κ1) is 10.4. The van der Waals surface area contributed by atoms with Gasteiger partial charge in [0.2, 0.25) is 0 Å². The molecule has 19 heavy (non-hydrogen) atoms. The minimum atomic E-state index is -0.319. The fourth-order valence-electron chi connectivity index (χ4n) is 2.55. The zero-order valence-electron chi connectivity index (χ0n) is 10.1. The number of benzene rings is 2. The van der Waals surface area contributed by atoms with E-state index in [1.165, 1.54) is 0 Å². The molecule has 0 radical (unpaired) electrons. The van der Waals surface area contributed by atoms with E-state index in [4.69, 9.17) is 9.47 Å². The van der Waals surface area contributed by atoms with Crippen molar-refractivity contribution in [1.29, 1.82) is 0 Å². The second-order valence-electron chi connectivity index (χ2n) is 4.61. The van der Waals surface area contributed by atoms with Crippen LogP contribution in [0.2, 0.25) is 0 Å². The molecular formula is C15H11NO3. The Bertz CT molecular complexity index is 681. The van der Waals surface area contributed by atoms with Gasteiger partial charge in [0.25, 0.3) is 0 Å². The Labute approximate surface area is 110 Å². The summed E-state index contributed by atoms with van der Waals surface area (Å²) >= 11 is 0. The van der Waals surface area contributed by atoms with Crippen LogP contribution in [-0.4, -0.2) is 6.09 Å². The van der Waals surface area contributed by atoms with Crippen LogP contribution < -0.4 is 9.64 Å². The highest BCUT2D eigenvalue weighted by Gasteiger charge is 2.32. The van der Waals surface area contributed by atoms with Crippen LogP contribution in [0.25, 0.3) is 0 Å². The molecule has 4 heteroatoms. The van der Waals surface area contributed by atoms with E-state index in [-0.39, 0.29) is 6.09 Å². The van der Waals surface area contributed by atoms with E-state index in [9.17, 15) is 4.79 Å². The maximum atomic E-state index is 12.0. The van der Waals surface area contributed by atoms with Crippen molar-refractivity contribution in [2.24, 2.45) is 0 Å². The average Bonchev–Trinajstić information content (AvgIpc) is 2.61. The van der Waals surface area contributed by atoms with Gasteiger partial charge < -0.3 is 9.47 Å². The number of para-hydroxylation sites is 2. The first-order chi connectivity index (χ1) is 9.33. The molecule has 0 N–H and O–H groups in total. The highest BCUT2D eigenvalue weighted by molar-refractivity contribution is 5.93. The molecule has 4 nitrogen and oxygen atoms in total. The molecule has 0 aliphatic carbocycles. The zero-order valence-corrected chi connectivity index (χ0v) is 10.1. The molecule has 0 saturated carbocycles. The second-order valence-corrected chi connectivity index (χ2v) is 4.61. The number of hydrogen-bond acceptors (Lipinski definition) is 3. The first-order valence-electron chi connectivity index (χ1n) is 6.15. The molecule has 1 amide bonds. The average molecular weight is 253 g/mol. The number of ether oxygens (including phenoxy) is 2. The van der Waals surface area contributed by atoms with Crippen molar-refractivity contribution in [2.75, 3.05) is 4.90 Å². The predicted molar refractivity (Wildman–Crippen MR) is 69.3 cm³/mol. The smallest absolute Gasteiger partial charge is 0.415 e. The number of fused-ring (bicyclic) bond motifs is 1. The molecule has 0 saturated heterocycles. The van der Waals surface area contributed by atoms with Gasteiger partial charge in [0.05, 0.1) is 12.2 Å². The van der Waals surface area contributed by atoms with Gasteiger partial charge in [-0.3, -0.25) is 4.90 Å². The number of amides is 1. The number of hydrogen-bond donors (Lipinski definition) is 0. The predicted octanol–water partition coefficient (Wildman–Crippen LogP) is 3.45. The third kappa shape index (κ3) is 1.50. The summed E-state index contributed by atoms with van der Waals surface area (Å²) in [6.07, 6.45) is -0.319. The van der Waals surface area contributed by atoms with Gasteiger partial charge in [-0.15, -0.1) is 0 Å². The summed E-state index contributed by atoms with van der Waals surface area (Å²) in [6, 6.07) is 13.5. The number of carbonyl (C=O) groups is 1. The molecule has 2 aliphatic heterocycles. The molecular weight excluding hydrogens is 242 g/mol. The molecule has 2 heterocycles. The Balaban J connectivity index is 1.96. The largest absolute Gasteiger partial charge is 0.455 e. The molecule has 4 rings (SSSR count). The van der Waals surface area contributed by atoms with Gasteiger partial charge in [-0.25, -0.2) is 4.79 Å². The molecule has 2 aromatic carbocycles. The fourth-order valence-corrected chi connectivity index (χ4v) is 2.55. The summed E-state index contributed by atoms with van der Waals surface area (Å²) in [7, 11) is 0. The van der Waals surface area contributed by atoms with Gasteiger partial charge in [0.15, 0.2) is 5.75 Å². The van der Waals surface area contributed by atoms with Crippen molar-refractivity contribution >= 4 is 11.8 Å². The van der Waals surface area contributed by atoms with Crippen LogP contribution in [0, 0.1) is 0 Å². The fraction of sp³-hybridized carbons (Fsp3) is 0.133. The van der Waals surface area contributed by atoms with Crippen molar-refractivity contribution < 1.29 is 14.3 Å². The molecule has 2 aromatic rings. The van der Waals surface area contributed by atoms with E-state index < -0.39 is 0 Å². The molecule has 94 valence electrons.